The van der Waals surface area contributed by atoms with Crippen LogP contribution in [0.15, 0.2) is 36.5 Å². The number of fused-ring (bicyclic) bond motifs is 1. The number of halogens is 1. The minimum Gasteiger partial charge on any atom is -0.506 e. The lowest BCUT2D eigenvalue weighted by atomic mass is 10.1. The van der Waals surface area contributed by atoms with E-state index in [2.05, 4.69) is 15.3 Å². The van der Waals surface area contributed by atoms with Crippen LogP contribution in [-0.2, 0) is 4.74 Å². The van der Waals surface area contributed by atoms with E-state index in [1.54, 1.807) is 19.1 Å². The minimum absolute atomic E-state index is 0.00393. The Balaban J connectivity index is 2.19. The van der Waals surface area contributed by atoms with Gasteiger partial charge in [0.05, 0.1) is 18.0 Å². The third-order valence-corrected chi connectivity index (χ3v) is 3.82. The maximum atomic E-state index is 12.3. The van der Waals surface area contributed by atoms with Gasteiger partial charge in [0.1, 0.15) is 11.3 Å². The Bertz CT molecular complexity index is 960. The van der Waals surface area contributed by atoms with E-state index in [4.69, 9.17) is 16.3 Å². The SMILES string of the molecule is CCOC(=O)c1cnc2nc(C)ccc2c1Nc1cc(Cl)ccc1O. The summed E-state index contributed by atoms with van der Waals surface area (Å²) >= 11 is 6.01. The highest BCUT2D eigenvalue weighted by atomic mass is 35.5. The van der Waals surface area contributed by atoms with Gasteiger partial charge in [-0.3, -0.25) is 0 Å². The van der Waals surface area contributed by atoms with Crippen molar-refractivity contribution < 1.29 is 14.6 Å². The zero-order chi connectivity index (χ0) is 18.0. The third kappa shape index (κ3) is 3.49. The van der Waals surface area contributed by atoms with E-state index >= 15 is 0 Å². The molecule has 3 aromatic rings. The molecule has 0 aliphatic heterocycles. The van der Waals surface area contributed by atoms with Crippen LogP contribution in [0.25, 0.3) is 11.0 Å². The molecule has 0 fully saturated rings. The number of nitrogens with zero attached hydrogens (tertiary/aromatic N) is 2. The molecule has 25 heavy (non-hydrogen) atoms. The molecule has 7 heteroatoms. The van der Waals surface area contributed by atoms with Crippen molar-refractivity contribution >= 4 is 40.0 Å². The van der Waals surface area contributed by atoms with Crippen LogP contribution in [0.4, 0.5) is 11.4 Å². The summed E-state index contributed by atoms with van der Waals surface area (Å²) < 4.78 is 5.11. The number of aromatic hydroxyl groups is 1. The number of carbonyl (C=O) groups excluding carboxylic acids is 1. The third-order valence-electron chi connectivity index (χ3n) is 3.58. The molecule has 0 spiro atoms. The zero-order valence-electron chi connectivity index (χ0n) is 13.7. The number of benzene rings is 1. The summed E-state index contributed by atoms with van der Waals surface area (Å²) in [5.41, 5.74) is 2.36. The quantitative estimate of drug-likeness (QED) is 0.537. The van der Waals surface area contributed by atoms with E-state index in [1.807, 2.05) is 19.1 Å². The number of ether oxygens (including phenoxy) is 1. The Hall–Kier alpha value is -2.86. The molecule has 0 amide bonds. The van der Waals surface area contributed by atoms with Gasteiger partial charge in [0.2, 0.25) is 0 Å². The first-order valence-corrected chi connectivity index (χ1v) is 8.06. The molecular weight excluding hydrogens is 342 g/mol. The normalized spacial score (nSPS) is 10.7. The molecule has 0 saturated heterocycles. The number of phenolic OH excluding ortho intramolecular Hbond substituents is 1. The Morgan fingerprint density at radius 3 is 2.88 bits per heavy atom. The number of pyridine rings is 2. The van der Waals surface area contributed by atoms with E-state index in [1.165, 1.54) is 12.3 Å². The smallest absolute Gasteiger partial charge is 0.341 e. The maximum Gasteiger partial charge on any atom is 0.341 e. The molecular formula is C18H16ClN3O3. The van der Waals surface area contributed by atoms with E-state index in [0.717, 1.165) is 5.69 Å². The predicted octanol–water partition coefficient (Wildman–Crippen LogP) is 4.22. The predicted molar refractivity (Wildman–Crippen MR) is 96.6 cm³/mol. The molecule has 0 atom stereocenters. The Labute approximate surface area is 149 Å². The van der Waals surface area contributed by atoms with Crippen molar-refractivity contribution in [1.82, 2.24) is 9.97 Å². The molecule has 128 valence electrons. The zero-order valence-corrected chi connectivity index (χ0v) is 14.5. The highest BCUT2D eigenvalue weighted by molar-refractivity contribution is 6.31. The van der Waals surface area contributed by atoms with Gasteiger partial charge in [0.15, 0.2) is 5.65 Å². The van der Waals surface area contributed by atoms with Crippen LogP contribution in [0.2, 0.25) is 5.02 Å². The van der Waals surface area contributed by atoms with Gasteiger partial charge in [-0.25, -0.2) is 14.8 Å². The average Bonchev–Trinajstić information content (AvgIpc) is 2.58. The van der Waals surface area contributed by atoms with Crippen molar-refractivity contribution in [3.63, 3.8) is 0 Å². The molecule has 3 rings (SSSR count). The van der Waals surface area contributed by atoms with Crippen LogP contribution in [0.5, 0.6) is 5.75 Å². The lowest BCUT2D eigenvalue weighted by Gasteiger charge is -2.15. The number of hydrogen-bond acceptors (Lipinski definition) is 6. The fourth-order valence-corrected chi connectivity index (χ4v) is 2.59. The summed E-state index contributed by atoms with van der Waals surface area (Å²) in [4.78, 5) is 20.9. The number of rotatable bonds is 4. The van der Waals surface area contributed by atoms with Crippen molar-refractivity contribution in [2.75, 3.05) is 11.9 Å². The minimum atomic E-state index is -0.513. The average molecular weight is 358 g/mol. The largest absolute Gasteiger partial charge is 0.506 e. The molecule has 2 heterocycles. The number of aromatic nitrogens is 2. The van der Waals surface area contributed by atoms with Crippen molar-refractivity contribution in [2.24, 2.45) is 0 Å². The molecule has 6 nitrogen and oxygen atoms in total. The highest BCUT2D eigenvalue weighted by Gasteiger charge is 2.18. The fraction of sp³-hybridized carbons (Fsp3) is 0.167. The molecule has 2 N–H and O–H groups in total. The fourth-order valence-electron chi connectivity index (χ4n) is 2.41. The summed E-state index contributed by atoms with van der Waals surface area (Å²) in [6.45, 7) is 3.83. The van der Waals surface area contributed by atoms with Gasteiger partial charge in [0, 0.05) is 22.3 Å². The van der Waals surface area contributed by atoms with E-state index in [9.17, 15) is 9.90 Å². The van der Waals surface area contributed by atoms with E-state index < -0.39 is 5.97 Å². The summed E-state index contributed by atoms with van der Waals surface area (Å²) in [5, 5.41) is 14.2. The molecule has 0 radical (unpaired) electrons. The second-order valence-corrected chi connectivity index (χ2v) is 5.81. The summed E-state index contributed by atoms with van der Waals surface area (Å²) in [5.74, 6) is -0.509. The molecule has 1 aromatic carbocycles. The van der Waals surface area contributed by atoms with Gasteiger partial charge >= 0.3 is 5.97 Å². The van der Waals surface area contributed by atoms with Gasteiger partial charge in [-0.05, 0) is 44.2 Å². The molecule has 0 unspecified atom stereocenters. The molecule has 0 aliphatic rings. The van der Waals surface area contributed by atoms with Gasteiger partial charge in [-0.2, -0.15) is 0 Å². The van der Waals surface area contributed by atoms with Crippen molar-refractivity contribution in [2.45, 2.75) is 13.8 Å². The van der Waals surface area contributed by atoms with Crippen LogP contribution >= 0.6 is 11.6 Å². The molecule has 0 saturated carbocycles. The number of hydrogen-bond donors (Lipinski definition) is 2. The van der Waals surface area contributed by atoms with Crippen LogP contribution < -0.4 is 5.32 Å². The molecule has 2 aromatic heterocycles. The van der Waals surface area contributed by atoms with E-state index in [0.29, 0.717) is 27.4 Å². The number of aryl methyl sites for hydroxylation is 1. The Morgan fingerprint density at radius 2 is 2.12 bits per heavy atom. The van der Waals surface area contributed by atoms with Crippen molar-refractivity contribution in [3.8, 4) is 5.75 Å². The first kappa shape index (κ1) is 17.0. The maximum absolute atomic E-state index is 12.3. The van der Waals surface area contributed by atoms with Gasteiger partial charge in [-0.1, -0.05) is 11.6 Å². The monoisotopic (exact) mass is 357 g/mol. The Kier molecular flexibility index (Phi) is 4.72. The number of anilines is 2. The summed E-state index contributed by atoms with van der Waals surface area (Å²) in [7, 11) is 0. The lowest BCUT2D eigenvalue weighted by molar-refractivity contribution is 0.0527. The van der Waals surface area contributed by atoms with Crippen molar-refractivity contribution in [3.05, 3.63) is 52.8 Å². The number of nitrogens with one attached hydrogen (secondary N) is 1. The summed E-state index contributed by atoms with van der Waals surface area (Å²) in [6, 6.07) is 8.25. The van der Waals surface area contributed by atoms with E-state index in [-0.39, 0.29) is 17.9 Å². The second kappa shape index (κ2) is 6.94. The summed E-state index contributed by atoms with van der Waals surface area (Å²) in [6.07, 6.45) is 1.41. The lowest BCUT2D eigenvalue weighted by Crippen LogP contribution is -2.09. The molecule has 0 aliphatic carbocycles. The standard InChI is InChI=1S/C18H16ClN3O3/c1-3-25-18(24)13-9-20-17-12(6-4-10(2)21-17)16(13)22-14-8-11(19)5-7-15(14)23/h4-9,23H,3H2,1-2H3,(H,20,21,22). The number of esters is 1. The molecule has 0 bridgehead atoms. The van der Waals surface area contributed by atoms with Crippen LogP contribution in [0.3, 0.4) is 0 Å². The van der Waals surface area contributed by atoms with Gasteiger partial charge in [-0.15, -0.1) is 0 Å². The number of phenols is 1. The van der Waals surface area contributed by atoms with Crippen LogP contribution in [0, 0.1) is 6.92 Å². The first-order valence-electron chi connectivity index (χ1n) is 7.68. The number of carbonyl (C=O) groups is 1. The van der Waals surface area contributed by atoms with Crippen LogP contribution in [-0.4, -0.2) is 27.7 Å². The topological polar surface area (TPSA) is 84.3 Å². The van der Waals surface area contributed by atoms with Gasteiger partial charge in [0.25, 0.3) is 0 Å². The second-order valence-electron chi connectivity index (χ2n) is 5.38. The van der Waals surface area contributed by atoms with Crippen molar-refractivity contribution in [1.29, 1.82) is 0 Å². The highest BCUT2D eigenvalue weighted by Crippen LogP contribution is 2.34. The van der Waals surface area contributed by atoms with Crippen LogP contribution in [0.1, 0.15) is 23.0 Å². The first-order chi connectivity index (χ1) is 12.0. The van der Waals surface area contributed by atoms with Gasteiger partial charge < -0.3 is 15.2 Å². The Morgan fingerprint density at radius 1 is 1.32 bits per heavy atom.